The van der Waals surface area contributed by atoms with Crippen LogP contribution in [0.4, 0.5) is 0 Å². The summed E-state index contributed by atoms with van der Waals surface area (Å²) in [5.41, 5.74) is 1.45. The Morgan fingerprint density at radius 1 is 1.75 bits per heavy atom. The standard InChI is InChI=1S/C9H9NO2/c1-2-7-3-4-10-8(5-7)6-9(11)12/h2-5H,1,6H2,(H,11,12). The molecule has 0 saturated heterocycles. The van der Waals surface area contributed by atoms with Gasteiger partial charge >= 0.3 is 5.97 Å². The van der Waals surface area contributed by atoms with Gasteiger partial charge in [-0.3, -0.25) is 9.78 Å². The summed E-state index contributed by atoms with van der Waals surface area (Å²) < 4.78 is 0. The van der Waals surface area contributed by atoms with E-state index in [2.05, 4.69) is 11.6 Å². The van der Waals surface area contributed by atoms with Gasteiger partial charge in [-0.25, -0.2) is 0 Å². The number of hydrogen-bond acceptors (Lipinski definition) is 2. The molecule has 1 rings (SSSR count). The molecule has 0 bridgehead atoms. The third-order valence-corrected chi connectivity index (χ3v) is 1.41. The topological polar surface area (TPSA) is 50.2 Å². The number of aromatic nitrogens is 1. The largest absolute Gasteiger partial charge is 0.481 e. The number of carbonyl (C=O) groups is 1. The van der Waals surface area contributed by atoms with Crippen LogP contribution >= 0.6 is 0 Å². The Hall–Kier alpha value is -1.64. The Kier molecular flexibility index (Phi) is 2.58. The van der Waals surface area contributed by atoms with E-state index in [1.54, 1.807) is 24.4 Å². The Morgan fingerprint density at radius 2 is 2.50 bits per heavy atom. The number of carboxylic acid groups (broad SMARTS) is 1. The SMILES string of the molecule is C=Cc1ccnc(CC(=O)O)c1. The third-order valence-electron chi connectivity index (χ3n) is 1.41. The van der Waals surface area contributed by atoms with Gasteiger partial charge in [0, 0.05) is 6.20 Å². The minimum absolute atomic E-state index is 0.0400. The number of nitrogens with zero attached hydrogens (tertiary/aromatic N) is 1. The van der Waals surface area contributed by atoms with E-state index in [-0.39, 0.29) is 6.42 Å². The van der Waals surface area contributed by atoms with Crippen LogP contribution in [0.1, 0.15) is 11.3 Å². The van der Waals surface area contributed by atoms with Crippen LogP contribution in [0, 0.1) is 0 Å². The van der Waals surface area contributed by atoms with E-state index < -0.39 is 5.97 Å². The molecule has 1 aromatic heterocycles. The average Bonchev–Trinajstić information content (AvgIpc) is 2.03. The molecule has 0 radical (unpaired) electrons. The van der Waals surface area contributed by atoms with Crippen molar-refractivity contribution in [2.45, 2.75) is 6.42 Å². The van der Waals surface area contributed by atoms with Gasteiger partial charge in [0.2, 0.25) is 0 Å². The molecule has 0 aliphatic heterocycles. The second-order valence-electron chi connectivity index (χ2n) is 2.36. The first-order valence-electron chi connectivity index (χ1n) is 3.51. The summed E-state index contributed by atoms with van der Waals surface area (Å²) in [6.45, 7) is 3.58. The van der Waals surface area contributed by atoms with E-state index >= 15 is 0 Å². The molecule has 1 aromatic rings. The zero-order valence-corrected chi connectivity index (χ0v) is 6.53. The van der Waals surface area contributed by atoms with E-state index in [0.717, 1.165) is 5.56 Å². The van der Waals surface area contributed by atoms with Crippen LogP contribution in [-0.4, -0.2) is 16.1 Å². The molecule has 0 unspecified atom stereocenters. The molecule has 1 N–H and O–H groups in total. The monoisotopic (exact) mass is 163 g/mol. The maximum absolute atomic E-state index is 10.3. The molecule has 0 amide bonds. The lowest BCUT2D eigenvalue weighted by Crippen LogP contribution is -2.01. The fourth-order valence-electron chi connectivity index (χ4n) is 0.875. The molecule has 3 heteroatoms. The van der Waals surface area contributed by atoms with Crippen molar-refractivity contribution in [3.8, 4) is 0 Å². The van der Waals surface area contributed by atoms with Gasteiger partial charge < -0.3 is 5.11 Å². The fourth-order valence-corrected chi connectivity index (χ4v) is 0.875. The lowest BCUT2D eigenvalue weighted by molar-refractivity contribution is -0.136. The molecule has 0 atom stereocenters. The summed E-state index contributed by atoms with van der Waals surface area (Å²) in [6.07, 6.45) is 3.20. The first-order chi connectivity index (χ1) is 5.72. The van der Waals surface area contributed by atoms with Crippen molar-refractivity contribution in [2.24, 2.45) is 0 Å². The molecule has 0 aliphatic rings. The highest BCUT2D eigenvalue weighted by Gasteiger charge is 2.00. The van der Waals surface area contributed by atoms with Crippen molar-refractivity contribution in [1.82, 2.24) is 4.98 Å². The quantitative estimate of drug-likeness (QED) is 0.731. The molecule has 3 nitrogen and oxygen atoms in total. The van der Waals surface area contributed by atoms with Crippen molar-refractivity contribution in [3.05, 3.63) is 36.2 Å². The van der Waals surface area contributed by atoms with Crippen LogP contribution in [0.15, 0.2) is 24.9 Å². The second kappa shape index (κ2) is 3.67. The normalized spacial score (nSPS) is 9.33. The van der Waals surface area contributed by atoms with Gasteiger partial charge in [0.15, 0.2) is 0 Å². The predicted molar refractivity (Wildman–Crippen MR) is 45.7 cm³/mol. The summed E-state index contributed by atoms with van der Waals surface area (Å²) in [5.74, 6) is -0.872. The van der Waals surface area contributed by atoms with Crippen molar-refractivity contribution in [3.63, 3.8) is 0 Å². The summed E-state index contributed by atoms with van der Waals surface area (Å²) in [4.78, 5) is 14.2. The zero-order valence-electron chi connectivity index (χ0n) is 6.53. The molecule has 1 heterocycles. The van der Waals surface area contributed by atoms with Crippen molar-refractivity contribution < 1.29 is 9.90 Å². The number of pyridine rings is 1. The fraction of sp³-hybridized carbons (Fsp3) is 0.111. The zero-order chi connectivity index (χ0) is 8.97. The van der Waals surface area contributed by atoms with Crippen LogP contribution in [0.2, 0.25) is 0 Å². The van der Waals surface area contributed by atoms with Gasteiger partial charge in [-0.05, 0) is 17.7 Å². The van der Waals surface area contributed by atoms with Gasteiger partial charge in [-0.1, -0.05) is 12.7 Å². The highest BCUT2D eigenvalue weighted by molar-refractivity contribution is 5.69. The van der Waals surface area contributed by atoms with E-state index in [4.69, 9.17) is 5.11 Å². The van der Waals surface area contributed by atoms with Crippen molar-refractivity contribution >= 4 is 12.0 Å². The molecule has 0 spiro atoms. The first kappa shape index (κ1) is 8.46. The van der Waals surface area contributed by atoms with Gasteiger partial charge in [0.25, 0.3) is 0 Å². The summed E-state index contributed by atoms with van der Waals surface area (Å²) in [5, 5.41) is 8.46. The van der Waals surface area contributed by atoms with Crippen molar-refractivity contribution in [1.29, 1.82) is 0 Å². The summed E-state index contributed by atoms with van der Waals surface area (Å²) in [6, 6.07) is 3.49. The highest BCUT2D eigenvalue weighted by Crippen LogP contribution is 2.03. The van der Waals surface area contributed by atoms with Gasteiger partial charge in [-0.2, -0.15) is 0 Å². The third kappa shape index (κ3) is 2.20. The van der Waals surface area contributed by atoms with E-state index in [9.17, 15) is 4.79 Å². The molecule has 0 saturated carbocycles. The maximum Gasteiger partial charge on any atom is 0.309 e. The number of rotatable bonds is 3. The second-order valence-corrected chi connectivity index (χ2v) is 2.36. The molecular formula is C9H9NO2. The lowest BCUT2D eigenvalue weighted by Gasteiger charge is -1.96. The van der Waals surface area contributed by atoms with Gasteiger partial charge in [-0.15, -0.1) is 0 Å². The van der Waals surface area contributed by atoms with E-state index in [1.165, 1.54) is 0 Å². The molecule has 0 aliphatic carbocycles. The summed E-state index contributed by atoms with van der Waals surface area (Å²) >= 11 is 0. The predicted octanol–water partition coefficient (Wildman–Crippen LogP) is 1.35. The minimum atomic E-state index is -0.872. The highest BCUT2D eigenvalue weighted by atomic mass is 16.4. The minimum Gasteiger partial charge on any atom is -0.481 e. The van der Waals surface area contributed by atoms with Gasteiger partial charge in [0.1, 0.15) is 0 Å². The smallest absolute Gasteiger partial charge is 0.309 e. The van der Waals surface area contributed by atoms with E-state index in [1.807, 2.05) is 0 Å². The van der Waals surface area contributed by atoms with Crippen LogP contribution in [-0.2, 0) is 11.2 Å². The Balaban J connectivity index is 2.86. The molecule has 0 aromatic carbocycles. The Bertz CT molecular complexity index is 307. The lowest BCUT2D eigenvalue weighted by atomic mass is 10.2. The van der Waals surface area contributed by atoms with Crippen LogP contribution in [0.3, 0.4) is 0 Å². The maximum atomic E-state index is 10.3. The Morgan fingerprint density at radius 3 is 3.08 bits per heavy atom. The molecular weight excluding hydrogens is 154 g/mol. The summed E-state index contributed by atoms with van der Waals surface area (Å²) in [7, 11) is 0. The number of hydrogen-bond donors (Lipinski definition) is 1. The van der Waals surface area contributed by atoms with Crippen molar-refractivity contribution in [2.75, 3.05) is 0 Å². The average molecular weight is 163 g/mol. The molecule has 62 valence electrons. The van der Waals surface area contributed by atoms with Crippen LogP contribution in [0.25, 0.3) is 6.08 Å². The number of aliphatic carboxylic acids is 1. The van der Waals surface area contributed by atoms with Gasteiger partial charge in [0.05, 0.1) is 12.1 Å². The van der Waals surface area contributed by atoms with E-state index in [0.29, 0.717) is 5.69 Å². The molecule has 12 heavy (non-hydrogen) atoms. The van der Waals surface area contributed by atoms with Crippen LogP contribution < -0.4 is 0 Å². The van der Waals surface area contributed by atoms with Crippen LogP contribution in [0.5, 0.6) is 0 Å². The molecule has 0 fully saturated rings. The Labute approximate surface area is 70.4 Å². The first-order valence-corrected chi connectivity index (χ1v) is 3.51. The number of carboxylic acids is 1.